The number of nitrogens with zero attached hydrogens (tertiary/aromatic N) is 1. The second-order valence-electron chi connectivity index (χ2n) is 5.11. The Morgan fingerprint density at radius 1 is 1.35 bits per heavy atom. The fraction of sp³-hybridized carbons (Fsp3) is 0.176. The molecule has 1 aliphatic heterocycles. The number of amides is 1. The maximum atomic E-state index is 13.5. The molecule has 2 heterocycles. The zero-order valence-corrected chi connectivity index (χ0v) is 12.3. The Kier molecular flexibility index (Phi) is 3.73. The second kappa shape index (κ2) is 5.72. The number of hydrogen-bond acceptors (Lipinski definition) is 4. The Morgan fingerprint density at radius 2 is 2.13 bits per heavy atom. The first kappa shape index (κ1) is 15.0. The van der Waals surface area contributed by atoms with Gasteiger partial charge in [-0.3, -0.25) is 14.5 Å². The predicted octanol–water partition coefficient (Wildman–Crippen LogP) is 3.30. The Hall–Kier alpha value is -2.89. The van der Waals surface area contributed by atoms with Crippen LogP contribution in [0.4, 0.5) is 10.1 Å². The quantitative estimate of drug-likeness (QED) is 0.939. The minimum Gasteiger partial charge on any atom is -0.503 e. The largest absolute Gasteiger partial charge is 0.503 e. The molecule has 3 rings (SSSR count). The first-order valence-corrected chi connectivity index (χ1v) is 7.13. The lowest BCUT2D eigenvalue weighted by atomic mass is 9.99. The Bertz CT molecular complexity index is 795. The number of ketones is 1. The van der Waals surface area contributed by atoms with E-state index >= 15 is 0 Å². The molecule has 1 aliphatic rings. The van der Waals surface area contributed by atoms with Crippen LogP contribution in [0.2, 0.25) is 0 Å². The molecule has 1 aromatic heterocycles. The van der Waals surface area contributed by atoms with Crippen molar-refractivity contribution in [2.24, 2.45) is 0 Å². The van der Waals surface area contributed by atoms with E-state index in [1.807, 2.05) is 0 Å². The van der Waals surface area contributed by atoms with Crippen LogP contribution in [0.1, 0.15) is 25.1 Å². The van der Waals surface area contributed by atoms with Crippen LogP contribution in [-0.2, 0) is 9.59 Å². The number of Topliss-reactive ketones (excluding diaryl/α,β-unsaturated/α-hetero) is 1. The van der Waals surface area contributed by atoms with Crippen molar-refractivity contribution in [1.29, 1.82) is 0 Å². The third kappa shape index (κ3) is 2.42. The lowest BCUT2D eigenvalue weighted by Gasteiger charge is -2.24. The molecule has 0 bridgehead atoms. The number of carbonyl (C=O) groups excluding carboxylic acids is 2. The molecule has 0 saturated heterocycles. The topological polar surface area (TPSA) is 70.8 Å². The Balaban J connectivity index is 2.16. The van der Waals surface area contributed by atoms with Crippen LogP contribution in [-0.4, -0.2) is 16.8 Å². The number of halogens is 1. The van der Waals surface area contributed by atoms with Crippen molar-refractivity contribution in [2.75, 3.05) is 4.90 Å². The van der Waals surface area contributed by atoms with Gasteiger partial charge in [0.15, 0.2) is 11.5 Å². The van der Waals surface area contributed by atoms with E-state index in [2.05, 4.69) is 0 Å². The SMILES string of the molecule is CCC(=O)C1=C(O)C(=O)N(c2cccc(F)c2)C1c1ccco1. The lowest BCUT2D eigenvalue weighted by molar-refractivity contribution is -0.118. The van der Waals surface area contributed by atoms with Crippen LogP contribution in [0.3, 0.4) is 0 Å². The summed E-state index contributed by atoms with van der Waals surface area (Å²) >= 11 is 0. The maximum Gasteiger partial charge on any atom is 0.294 e. The number of rotatable bonds is 4. The fourth-order valence-electron chi connectivity index (χ4n) is 2.69. The van der Waals surface area contributed by atoms with Crippen LogP contribution in [0.15, 0.2) is 58.4 Å². The number of benzene rings is 1. The van der Waals surface area contributed by atoms with Crippen LogP contribution in [0.25, 0.3) is 0 Å². The molecule has 23 heavy (non-hydrogen) atoms. The normalized spacial score (nSPS) is 17.9. The van der Waals surface area contributed by atoms with Crippen molar-refractivity contribution in [3.05, 3.63) is 65.6 Å². The zero-order chi connectivity index (χ0) is 16.6. The van der Waals surface area contributed by atoms with Gasteiger partial charge in [-0.15, -0.1) is 0 Å². The summed E-state index contributed by atoms with van der Waals surface area (Å²) in [5.41, 5.74) is 0.207. The summed E-state index contributed by atoms with van der Waals surface area (Å²) in [4.78, 5) is 25.8. The number of furan rings is 1. The van der Waals surface area contributed by atoms with Crippen molar-refractivity contribution in [2.45, 2.75) is 19.4 Å². The first-order valence-electron chi connectivity index (χ1n) is 7.13. The summed E-state index contributed by atoms with van der Waals surface area (Å²) in [6.07, 6.45) is 1.54. The third-order valence-corrected chi connectivity index (χ3v) is 3.73. The van der Waals surface area contributed by atoms with Gasteiger partial charge in [-0.2, -0.15) is 0 Å². The summed E-state index contributed by atoms with van der Waals surface area (Å²) in [6, 6.07) is 7.71. The molecular weight excluding hydrogens is 301 g/mol. The van der Waals surface area contributed by atoms with Gasteiger partial charge in [0.1, 0.15) is 17.6 Å². The monoisotopic (exact) mass is 315 g/mol. The van der Waals surface area contributed by atoms with Crippen LogP contribution < -0.4 is 4.90 Å². The van der Waals surface area contributed by atoms with Crippen molar-refractivity contribution in [1.82, 2.24) is 0 Å². The van der Waals surface area contributed by atoms with Gasteiger partial charge >= 0.3 is 0 Å². The highest BCUT2D eigenvalue weighted by atomic mass is 19.1. The Labute approximate surface area is 131 Å². The number of aliphatic hydroxyl groups excluding tert-OH is 1. The number of carbonyl (C=O) groups is 2. The molecule has 1 N–H and O–H groups in total. The van der Waals surface area contributed by atoms with Crippen molar-refractivity contribution in [3.8, 4) is 0 Å². The van der Waals surface area contributed by atoms with Gasteiger partial charge in [0, 0.05) is 12.1 Å². The molecule has 0 radical (unpaired) electrons. The van der Waals surface area contributed by atoms with Gasteiger partial charge in [0.25, 0.3) is 5.91 Å². The molecule has 1 atom stereocenters. The highest BCUT2D eigenvalue weighted by molar-refractivity contribution is 6.16. The number of hydrogen-bond donors (Lipinski definition) is 1. The highest BCUT2D eigenvalue weighted by Crippen LogP contribution is 2.41. The van der Waals surface area contributed by atoms with Crippen molar-refractivity contribution >= 4 is 17.4 Å². The molecule has 2 aromatic rings. The molecule has 118 valence electrons. The van der Waals surface area contributed by atoms with Gasteiger partial charge in [-0.1, -0.05) is 13.0 Å². The van der Waals surface area contributed by atoms with Gasteiger partial charge in [-0.05, 0) is 30.3 Å². The molecule has 1 amide bonds. The predicted molar refractivity (Wildman–Crippen MR) is 80.3 cm³/mol. The van der Waals surface area contributed by atoms with Gasteiger partial charge < -0.3 is 9.52 Å². The summed E-state index contributed by atoms with van der Waals surface area (Å²) in [5.74, 6) is -1.95. The first-order chi connectivity index (χ1) is 11.0. The van der Waals surface area contributed by atoms with Crippen LogP contribution in [0, 0.1) is 5.82 Å². The number of anilines is 1. The average Bonchev–Trinajstić information content (AvgIpc) is 3.14. The van der Waals surface area contributed by atoms with Crippen molar-refractivity contribution < 1.29 is 23.5 Å². The molecule has 5 nitrogen and oxygen atoms in total. The molecule has 6 heteroatoms. The van der Waals surface area contributed by atoms with E-state index in [0.29, 0.717) is 5.76 Å². The maximum absolute atomic E-state index is 13.5. The van der Waals surface area contributed by atoms with Crippen LogP contribution in [0.5, 0.6) is 0 Å². The van der Waals surface area contributed by atoms with E-state index < -0.39 is 23.5 Å². The van der Waals surface area contributed by atoms with E-state index in [0.717, 1.165) is 0 Å². The minimum atomic E-state index is -0.910. The standard InChI is InChI=1S/C17H14FNO4/c1-2-12(20)14-15(13-7-4-8-23-13)19(17(22)16(14)21)11-6-3-5-10(18)9-11/h3-9,15,21H,2H2,1H3. The van der Waals surface area contributed by atoms with E-state index in [1.165, 1.54) is 35.4 Å². The van der Waals surface area contributed by atoms with Gasteiger partial charge in [-0.25, -0.2) is 4.39 Å². The van der Waals surface area contributed by atoms with Crippen molar-refractivity contribution in [3.63, 3.8) is 0 Å². The summed E-state index contributed by atoms with van der Waals surface area (Å²) in [7, 11) is 0. The van der Waals surface area contributed by atoms with Gasteiger partial charge in [0.05, 0.1) is 11.8 Å². The lowest BCUT2D eigenvalue weighted by Crippen LogP contribution is -2.30. The fourth-order valence-corrected chi connectivity index (χ4v) is 2.69. The summed E-state index contributed by atoms with van der Waals surface area (Å²) in [5, 5.41) is 10.2. The van der Waals surface area contributed by atoms with Gasteiger partial charge in [0.2, 0.25) is 0 Å². The third-order valence-electron chi connectivity index (χ3n) is 3.73. The average molecular weight is 315 g/mol. The molecule has 0 spiro atoms. The molecular formula is C17H14FNO4. The molecule has 0 saturated carbocycles. The van der Waals surface area contributed by atoms with Crippen LogP contribution >= 0.6 is 0 Å². The molecule has 0 fully saturated rings. The number of aliphatic hydroxyl groups is 1. The Morgan fingerprint density at radius 3 is 2.74 bits per heavy atom. The van der Waals surface area contributed by atoms with E-state index in [9.17, 15) is 19.1 Å². The van der Waals surface area contributed by atoms with E-state index in [-0.39, 0.29) is 23.5 Å². The minimum absolute atomic E-state index is 0.0308. The highest BCUT2D eigenvalue weighted by Gasteiger charge is 2.45. The summed E-state index contributed by atoms with van der Waals surface area (Å²) < 4.78 is 18.9. The molecule has 1 unspecified atom stereocenters. The molecule has 0 aliphatic carbocycles. The smallest absolute Gasteiger partial charge is 0.294 e. The van der Waals surface area contributed by atoms with E-state index in [4.69, 9.17) is 4.42 Å². The second-order valence-corrected chi connectivity index (χ2v) is 5.11. The zero-order valence-electron chi connectivity index (χ0n) is 12.3. The summed E-state index contributed by atoms with van der Waals surface area (Å²) in [6.45, 7) is 1.64. The van der Waals surface area contributed by atoms with E-state index in [1.54, 1.807) is 19.1 Å². The molecule has 1 aromatic carbocycles.